The molecule has 24 heavy (non-hydrogen) atoms. The molecule has 0 saturated carbocycles. The van der Waals surface area contributed by atoms with Crippen LogP contribution in [0.5, 0.6) is 0 Å². The minimum Gasteiger partial charge on any atom is -0.463 e. The molecule has 1 saturated heterocycles. The molecular formula is C14H20O9S. The zero-order chi connectivity index (χ0) is 18.4. The van der Waals surface area contributed by atoms with Gasteiger partial charge in [0.15, 0.2) is 18.3 Å². The monoisotopic (exact) mass is 364 g/mol. The van der Waals surface area contributed by atoms with Crippen LogP contribution in [0.1, 0.15) is 27.7 Å². The Labute approximate surface area is 144 Å². The number of rotatable bonds is 5. The van der Waals surface area contributed by atoms with Crippen molar-refractivity contribution in [3.8, 4) is 0 Å². The fourth-order valence-corrected chi connectivity index (χ4v) is 2.59. The van der Waals surface area contributed by atoms with Gasteiger partial charge in [0.1, 0.15) is 18.1 Å². The highest BCUT2D eigenvalue weighted by Crippen LogP contribution is 2.30. The normalized spacial score (nSPS) is 29.3. The van der Waals surface area contributed by atoms with Crippen LogP contribution in [0.15, 0.2) is 0 Å². The van der Waals surface area contributed by atoms with Crippen molar-refractivity contribution in [3.05, 3.63) is 0 Å². The lowest BCUT2D eigenvalue weighted by Crippen LogP contribution is -2.61. The zero-order valence-electron chi connectivity index (χ0n) is 13.7. The number of hydrogen-bond donors (Lipinski definition) is 1. The van der Waals surface area contributed by atoms with Crippen molar-refractivity contribution in [2.24, 2.45) is 0 Å². The Morgan fingerprint density at radius 1 is 0.792 bits per heavy atom. The molecule has 1 rings (SSSR count). The van der Waals surface area contributed by atoms with Gasteiger partial charge in [-0.1, -0.05) is 0 Å². The van der Waals surface area contributed by atoms with Gasteiger partial charge >= 0.3 is 23.9 Å². The fraction of sp³-hybridized carbons (Fsp3) is 0.714. The number of carbonyl (C=O) groups excluding carboxylic acids is 4. The maximum absolute atomic E-state index is 11.4. The van der Waals surface area contributed by atoms with Crippen LogP contribution in [-0.2, 0) is 42.9 Å². The summed E-state index contributed by atoms with van der Waals surface area (Å²) in [4.78, 5) is 45.1. The van der Waals surface area contributed by atoms with Crippen LogP contribution in [0.4, 0.5) is 0 Å². The molecule has 1 aliphatic heterocycles. The van der Waals surface area contributed by atoms with E-state index in [-0.39, 0.29) is 6.61 Å². The number of esters is 4. The van der Waals surface area contributed by atoms with E-state index < -0.39 is 53.7 Å². The summed E-state index contributed by atoms with van der Waals surface area (Å²) in [5.74, 6) is -2.57. The summed E-state index contributed by atoms with van der Waals surface area (Å²) in [5, 5.41) is 0. The first-order valence-corrected chi connectivity index (χ1v) is 7.62. The summed E-state index contributed by atoms with van der Waals surface area (Å²) >= 11 is 4.18. The molecule has 0 N–H and O–H groups in total. The summed E-state index contributed by atoms with van der Waals surface area (Å²) in [7, 11) is 0. The van der Waals surface area contributed by atoms with E-state index in [9.17, 15) is 19.2 Å². The van der Waals surface area contributed by atoms with Gasteiger partial charge in [0, 0.05) is 27.7 Å². The maximum Gasteiger partial charge on any atom is 0.303 e. The highest BCUT2D eigenvalue weighted by atomic mass is 32.1. The third kappa shape index (κ3) is 6.00. The molecule has 0 aromatic rings. The van der Waals surface area contributed by atoms with E-state index in [0.717, 1.165) is 20.8 Å². The van der Waals surface area contributed by atoms with Crippen molar-refractivity contribution < 1.29 is 42.9 Å². The Balaban J connectivity index is 3.11. The van der Waals surface area contributed by atoms with Crippen LogP contribution in [0.25, 0.3) is 0 Å². The highest BCUT2D eigenvalue weighted by Gasteiger charge is 2.51. The highest BCUT2D eigenvalue weighted by molar-refractivity contribution is 7.80. The maximum atomic E-state index is 11.4. The Morgan fingerprint density at radius 2 is 1.25 bits per heavy atom. The van der Waals surface area contributed by atoms with E-state index in [0.29, 0.717) is 0 Å². The van der Waals surface area contributed by atoms with E-state index in [1.165, 1.54) is 6.92 Å². The summed E-state index contributed by atoms with van der Waals surface area (Å²) in [6.45, 7) is 4.42. The first-order valence-electron chi connectivity index (χ1n) is 7.10. The Kier molecular flexibility index (Phi) is 7.49. The first-order chi connectivity index (χ1) is 11.1. The minimum atomic E-state index is -1.16. The first kappa shape index (κ1) is 20.2. The van der Waals surface area contributed by atoms with E-state index in [2.05, 4.69) is 12.6 Å². The lowest BCUT2D eigenvalue weighted by atomic mass is 9.99. The standard InChI is InChI=1S/C14H20O9S/c1-6(15)19-5-10-11(20-7(2)16)12(21-8(3)17)13(14(24)23-10)22-9(4)18/h10-14,24H,5H2,1-4H3/t10-,11-,12+,13+,14?/m1/s1. The second-order valence-corrected chi connectivity index (χ2v) is 5.60. The van der Waals surface area contributed by atoms with Crippen LogP contribution in [0.2, 0.25) is 0 Å². The Bertz CT molecular complexity index is 506. The van der Waals surface area contributed by atoms with Crippen molar-refractivity contribution in [3.63, 3.8) is 0 Å². The van der Waals surface area contributed by atoms with Gasteiger partial charge in [-0.05, 0) is 0 Å². The number of hydrogen-bond acceptors (Lipinski definition) is 10. The van der Waals surface area contributed by atoms with E-state index >= 15 is 0 Å². The Morgan fingerprint density at radius 3 is 1.71 bits per heavy atom. The molecule has 0 aliphatic carbocycles. The summed E-state index contributed by atoms with van der Waals surface area (Å²) in [5.41, 5.74) is -0.981. The second kappa shape index (κ2) is 8.88. The summed E-state index contributed by atoms with van der Waals surface area (Å²) in [6, 6.07) is 0. The van der Waals surface area contributed by atoms with Gasteiger partial charge in [0.25, 0.3) is 0 Å². The van der Waals surface area contributed by atoms with E-state index in [1.54, 1.807) is 0 Å². The molecule has 9 nitrogen and oxygen atoms in total. The van der Waals surface area contributed by atoms with Gasteiger partial charge in [-0.25, -0.2) is 0 Å². The third-order valence-electron chi connectivity index (χ3n) is 2.97. The molecule has 0 aromatic carbocycles. The predicted molar refractivity (Wildman–Crippen MR) is 80.9 cm³/mol. The number of ether oxygens (including phenoxy) is 5. The molecule has 10 heteroatoms. The molecule has 5 atom stereocenters. The third-order valence-corrected chi connectivity index (χ3v) is 3.38. The smallest absolute Gasteiger partial charge is 0.303 e. The fourth-order valence-electron chi connectivity index (χ4n) is 2.21. The van der Waals surface area contributed by atoms with Crippen molar-refractivity contribution >= 4 is 36.5 Å². The van der Waals surface area contributed by atoms with Crippen LogP contribution in [-0.4, -0.2) is 60.3 Å². The van der Waals surface area contributed by atoms with Crippen molar-refractivity contribution in [1.82, 2.24) is 0 Å². The molecule has 0 bridgehead atoms. The molecule has 0 amide bonds. The summed E-state index contributed by atoms with van der Waals surface area (Å²) < 4.78 is 25.8. The topological polar surface area (TPSA) is 114 Å². The SMILES string of the molecule is CC(=O)OC[C@H]1OC(S)[C@@H](OC(C)=O)[C@@H](OC(C)=O)[C@@H]1OC(C)=O. The molecule has 136 valence electrons. The average Bonchev–Trinajstić information content (AvgIpc) is 2.42. The van der Waals surface area contributed by atoms with Gasteiger partial charge < -0.3 is 23.7 Å². The molecular weight excluding hydrogens is 344 g/mol. The van der Waals surface area contributed by atoms with Gasteiger partial charge in [-0.2, -0.15) is 0 Å². The molecule has 1 heterocycles. The van der Waals surface area contributed by atoms with Crippen molar-refractivity contribution in [1.29, 1.82) is 0 Å². The molecule has 1 unspecified atom stereocenters. The Hall–Kier alpha value is -1.81. The second-order valence-electron chi connectivity index (χ2n) is 5.09. The van der Waals surface area contributed by atoms with Crippen LogP contribution < -0.4 is 0 Å². The van der Waals surface area contributed by atoms with Crippen molar-refractivity contribution in [2.45, 2.75) is 57.5 Å². The molecule has 1 aliphatic rings. The molecule has 0 spiro atoms. The number of carbonyl (C=O) groups is 4. The predicted octanol–water partition coefficient (Wildman–Crippen LogP) is -0.000700. The summed E-state index contributed by atoms with van der Waals surface area (Å²) in [6.07, 6.45) is -4.35. The van der Waals surface area contributed by atoms with Crippen LogP contribution in [0.3, 0.4) is 0 Å². The average molecular weight is 364 g/mol. The molecule has 1 fully saturated rings. The van der Waals surface area contributed by atoms with Gasteiger partial charge in [0.2, 0.25) is 0 Å². The van der Waals surface area contributed by atoms with Crippen LogP contribution >= 0.6 is 12.6 Å². The zero-order valence-corrected chi connectivity index (χ0v) is 14.6. The lowest BCUT2D eigenvalue weighted by Gasteiger charge is -2.42. The molecule has 0 radical (unpaired) electrons. The quantitative estimate of drug-likeness (QED) is 0.409. The van der Waals surface area contributed by atoms with Gasteiger partial charge in [-0.3, -0.25) is 19.2 Å². The van der Waals surface area contributed by atoms with E-state index in [1.807, 2.05) is 0 Å². The largest absolute Gasteiger partial charge is 0.463 e. The van der Waals surface area contributed by atoms with Gasteiger partial charge in [0.05, 0.1) is 0 Å². The van der Waals surface area contributed by atoms with Crippen LogP contribution in [0, 0.1) is 0 Å². The lowest BCUT2D eigenvalue weighted by molar-refractivity contribution is -0.237. The number of thiol groups is 1. The molecule has 0 aromatic heterocycles. The van der Waals surface area contributed by atoms with E-state index in [4.69, 9.17) is 23.7 Å². The van der Waals surface area contributed by atoms with Gasteiger partial charge in [-0.15, -0.1) is 12.6 Å². The minimum absolute atomic E-state index is 0.255. The van der Waals surface area contributed by atoms with Crippen molar-refractivity contribution in [2.75, 3.05) is 6.61 Å².